The molecule has 5 nitrogen and oxygen atoms in total. The lowest BCUT2D eigenvalue weighted by atomic mass is 10.1. The Bertz CT molecular complexity index is 1050. The highest BCUT2D eigenvalue weighted by Gasteiger charge is 2.16. The summed E-state index contributed by atoms with van der Waals surface area (Å²) in [5.41, 5.74) is 3.85. The molecule has 4 rings (SSSR count). The SMILES string of the molecule is Cc1nc(-c2ccccn2)sc1C(=O)NCCc1c[nH]c2ccccc12. The lowest BCUT2D eigenvalue weighted by Gasteiger charge is -2.03. The molecule has 0 radical (unpaired) electrons. The number of nitrogens with zero attached hydrogens (tertiary/aromatic N) is 2. The molecule has 4 aromatic rings. The summed E-state index contributed by atoms with van der Waals surface area (Å²) in [5, 5.41) is 4.98. The number of benzene rings is 1. The molecule has 0 unspecified atom stereocenters. The van der Waals surface area contributed by atoms with Gasteiger partial charge in [0.05, 0.1) is 11.4 Å². The van der Waals surface area contributed by atoms with Crippen LogP contribution in [0.5, 0.6) is 0 Å². The van der Waals surface area contributed by atoms with E-state index < -0.39 is 0 Å². The van der Waals surface area contributed by atoms with Gasteiger partial charge in [0.15, 0.2) is 0 Å². The van der Waals surface area contributed by atoms with E-state index in [2.05, 4.69) is 32.4 Å². The Labute approximate surface area is 155 Å². The van der Waals surface area contributed by atoms with E-state index >= 15 is 0 Å². The van der Waals surface area contributed by atoms with E-state index in [1.54, 1.807) is 6.20 Å². The fraction of sp³-hybridized carbons (Fsp3) is 0.150. The lowest BCUT2D eigenvalue weighted by Crippen LogP contribution is -2.25. The van der Waals surface area contributed by atoms with Crippen LogP contribution in [0.15, 0.2) is 54.9 Å². The van der Waals surface area contributed by atoms with Gasteiger partial charge in [0.25, 0.3) is 5.91 Å². The summed E-state index contributed by atoms with van der Waals surface area (Å²) in [6.45, 7) is 2.44. The number of aromatic amines is 1. The molecule has 0 spiro atoms. The number of rotatable bonds is 5. The summed E-state index contributed by atoms with van der Waals surface area (Å²) >= 11 is 1.38. The maximum atomic E-state index is 12.5. The van der Waals surface area contributed by atoms with Gasteiger partial charge < -0.3 is 10.3 Å². The van der Waals surface area contributed by atoms with Gasteiger partial charge >= 0.3 is 0 Å². The molecule has 6 heteroatoms. The van der Waals surface area contributed by atoms with Crippen LogP contribution < -0.4 is 5.32 Å². The van der Waals surface area contributed by atoms with Gasteiger partial charge in [0.1, 0.15) is 9.88 Å². The number of hydrogen-bond donors (Lipinski definition) is 2. The van der Waals surface area contributed by atoms with Crippen molar-refractivity contribution < 1.29 is 4.79 Å². The first-order valence-electron chi connectivity index (χ1n) is 8.44. The Morgan fingerprint density at radius 2 is 2.04 bits per heavy atom. The first kappa shape index (κ1) is 16.5. The van der Waals surface area contributed by atoms with Crippen molar-refractivity contribution >= 4 is 28.1 Å². The second-order valence-electron chi connectivity index (χ2n) is 6.01. The molecule has 1 amide bonds. The second kappa shape index (κ2) is 7.09. The van der Waals surface area contributed by atoms with Crippen molar-refractivity contribution in [2.45, 2.75) is 13.3 Å². The van der Waals surface area contributed by atoms with E-state index in [9.17, 15) is 4.79 Å². The molecular formula is C20H18N4OS. The summed E-state index contributed by atoms with van der Waals surface area (Å²) in [7, 11) is 0. The minimum atomic E-state index is -0.0815. The number of carbonyl (C=O) groups excluding carboxylic acids is 1. The van der Waals surface area contributed by atoms with E-state index in [0.717, 1.165) is 28.3 Å². The van der Waals surface area contributed by atoms with Crippen LogP contribution in [-0.4, -0.2) is 27.4 Å². The van der Waals surface area contributed by atoms with Gasteiger partial charge in [0.2, 0.25) is 0 Å². The average Bonchev–Trinajstić information content (AvgIpc) is 3.26. The quantitative estimate of drug-likeness (QED) is 0.564. The summed E-state index contributed by atoms with van der Waals surface area (Å²) in [4.78, 5) is 25.2. The Kier molecular flexibility index (Phi) is 4.50. The van der Waals surface area contributed by atoms with Crippen molar-refractivity contribution in [1.82, 2.24) is 20.3 Å². The number of nitrogens with one attached hydrogen (secondary N) is 2. The number of fused-ring (bicyclic) bond motifs is 1. The molecule has 3 aromatic heterocycles. The fourth-order valence-electron chi connectivity index (χ4n) is 2.94. The van der Waals surface area contributed by atoms with E-state index in [1.165, 1.54) is 22.3 Å². The zero-order chi connectivity index (χ0) is 17.9. The van der Waals surface area contributed by atoms with Gasteiger partial charge in [-0.1, -0.05) is 24.3 Å². The molecule has 0 bridgehead atoms. The zero-order valence-corrected chi connectivity index (χ0v) is 15.1. The first-order valence-corrected chi connectivity index (χ1v) is 9.26. The Morgan fingerprint density at radius 1 is 1.19 bits per heavy atom. The van der Waals surface area contributed by atoms with E-state index in [1.807, 2.05) is 43.5 Å². The number of para-hydroxylation sites is 1. The Balaban J connectivity index is 1.43. The number of amides is 1. The fourth-order valence-corrected chi connectivity index (χ4v) is 3.89. The summed E-state index contributed by atoms with van der Waals surface area (Å²) in [6.07, 6.45) is 4.52. The highest BCUT2D eigenvalue weighted by atomic mass is 32.1. The molecule has 0 aliphatic heterocycles. The van der Waals surface area contributed by atoms with E-state index in [0.29, 0.717) is 11.4 Å². The lowest BCUT2D eigenvalue weighted by molar-refractivity contribution is 0.0957. The zero-order valence-electron chi connectivity index (χ0n) is 14.3. The third-order valence-corrected chi connectivity index (χ3v) is 5.42. The predicted octanol–water partition coefficient (Wildman–Crippen LogP) is 3.97. The van der Waals surface area contributed by atoms with E-state index in [-0.39, 0.29) is 5.91 Å². The average molecular weight is 362 g/mol. The number of hydrogen-bond acceptors (Lipinski definition) is 4. The maximum Gasteiger partial charge on any atom is 0.263 e. The van der Waals surface area contributed by atoms with Gasteiger partial charge in [0, 0.05) is 29.8 Å². The maximum absolute atomic E-state index is 12.5. The minimum absolute atomic E-state index is 0.0815. The van der Waals surface area contributed by atoms with Crippen LogP contribution in [0.4, 0.5) is 0 Å². The molecule has 0 saturated carbocycles. The van der Waals surface area contributed by atoms with Gasteiger partial charge in [-0.25, -0.2) is 4.98 Å². The molecule has 0 aliphatic carbocycles. The Morgan fingerprint density at radius 3 is 2.88 bits per heavy atom. The first-order chi connectivity index (χ1) is 12.7. The van der Waals surface area contributed by atoms with Crippen LogP contribution in [0, 0.1) is 6.92 Å². The van der Waals surface area contributed by atoms with Crippen molar-refractivity contribution in [3.8, 4) is 10.7 Å². The number of aromatic nitrogens is 3. The van der Waals surface area contributed by atoms with Crippen molar-refractivity contribution in [3.05, 3.63) is 71.0 Å². The molecule has 0 fully saturated rings. The third kappa shape index (κ3) is 3.23. The molecule has 1 aromatic carbocycles. The van der Waals surface area contributed by atoms with Crippen molar-refractivity contribution in [2.75, 3.05) is 6.54 Å². The number of pyridine rings is 1. The van der Waals surface area contributed by atoms with Gasteiger partial charge in [-0.15, -0.1) is 11.3 Å². The highest BCUT2D eigenvalue weighted by Crippen LogP contribution is 2.26. The van der Waals surface area contributed by atoms with Crippen LogP contribution in [0.1, 0.15) is 20.9 Å². The molecule has 3 heterocycles. The monoisotopic (exact) mass is 362 g/mol. The van der Waals surface area contributed by atoms with Gasteiger partial charge in [-0.05, 0) is 37.1 Å². The molecule has 0 atom stereocenters. The van der Waals surface area contributed by atoms with Crippen LogP contribution >= 0.6 is 11.3 Å². The third-order valence-electron chi connectivity index (χ3n) is 4.24. The van der Waals surface area contributed by atoms with Crippen molar-refractivity contribution in [1.29, 1.82) is 0 Å². The largest absolute Gasteiger partial charge is 0.361 e. The molecule has 2 N–H and O–H groups in total. The summed E-state index contributed by atoms with van der Waals surface area (Å²) < 4.78 is 0. The molecule has 0 saturated heterocycles. The van der Waals surface area contributed by atoms with E-state index in [4.69, 9.17) is 0 Å². The number of aryl methyl sites for hydroxylation is 1. The topological polar surface area (TPSA) is 70.7 Å². The Hall–Kier alpha value is -2.99. The molecule has 26 heavy (non-hydrogen) atoms. The molecule has 130 valence electrons. The van der Waals surface area contributed by atoms with Crippen LogP contribution in [0.25, 0.3) is 21.6 Å². The minimum Gasteiger partial charge on any atom is -0.361 e. The van der Waals surface area contributed by atoms with Crippen LogP contribution in [-0.2, 0) is 6.42 Å². The predicted molar refractivity (Wildman–Crippen MR) is 104 cm³/mol. The normalized spacial score (nSPS) is 11.0. The molecule has 0 aliphatic rings. The standard InChI is InChI=1S/C20H18N4OS/c1-13-18(26-20(24-13)17-8-4-5-10-21-17)19(25)22-11-9-14-12-23-16-7-3-2-6-15(14)16/h2-8,10,12,23H,9,11H2,1H3,(H,22,25). The van der Waals surface area contributed by atoms with Crippen LogP contribution in [0.3, 0.4) is 0 Å². The van der Waals surface area contributed by atoms with Crippen molar-refractivity contribution in [2.24, 2.45) is 0 Å². The second-order valence-corrected chi connectivity index (χ2v) is 7.01. The summed E-state index contributed by atoms with van der Waals surface area (Å²) in [5.74, 6) is -0.0815. The van der Waals surface area contributed by atoms with Gasteiger partial charge in [-0.2, -0.15) is 0 Å². The van der Waals surface area contributed by atoms with Gasteiger partial charge in [-0.3, -0.25) is 9.78 Å². The van der Waals surface area contributed by atoms with Crippen LogP contribution in [0.2, 0.25) is 0 Å². The molecular weight excluding hydrogens is 344 g/mol. The smallest absolute Gasteiger partial charge is 0.263 e. The number of carbonyl (C=O) groups is 1. The van der Waals surface area contributed by atoms with Crippen molar-refractivity contribution in [3.63, 3.8) is 0 Å². The number of thiazole rings is 1. The number of H-pyrrole nitrogens is 1. The highest BCUT2D eigenvalue weighted by molar-refractivity contribution is 7.17. The summed E-state index contributed by atoms with van der Waals surface area (Å²) in [6, 6.07) is 13.9.